The summed E-state index contributed by atoms with van der Waals surface area (Å²) < 4.78 is 7.64. The van der Waals surface area contributed by atoms with Crippen LogP contribution in [-0.4, -0.2) is 19.6 Å². The monoisotopic (exact) mass is 341 g/mol. The number of benzene rings is 1. The normalized spacial score (nSPS) is 11.2. The molecule has 1 N–H and O–H groups in total. The first-order chi connectivity index (χ1) is 12.8. The SMILES string of the molecule is c1ccc2oc(-c3cc4nc(NCc5ccncc5)ccn4n3)cc2c1. The Morgan fingerprint density at radius 2 is 1.88 bits per heavy atom. The zero-order chi connectivity index (χ0) is 17.3. The third-order valence-corrected chi connectivity index (χ3v) is 4.23. The molecule has 0 saturated carbocycles. The van der Waals surface area contributed by atoms with Crippen LogP contribution >= 0.6 is 0 Å². The van der Waals surface area contributed by atoms with E-state index in [9.17, 15) is 0 Å². The molecule has 4 heterocycles. The van der Waals surface area contributed by atoms with E-state index in [0.29, 0.717) is 6.54 Å². The number of anilines is 1. The van der Waals surface area contributed by atoms with Gasteiger partial charge in [0.2, 0.25) is 0 Å². The quantitative estimate of drug-likeness (QED) is 0.532. The van der Waals surface area contributed by atoms with Crippen molar-refractivity contribution in [2.75, 3.05) is 5.32 Å². The maximum absolute atomic E-state index is 5.89. The van der Waals surface area contributed by atoms with Gasteiger partial charge in [0.05, 0.1) is 0 Å². The van der Waals surface area contributed by atoms with Crippen molar-refractivity contribution in [3.8, 4) is 11.5 Å². The van der Waals surface area contributed by atoms with Crippen LogP contribution in [0, 0.1) is 0 Å². The minimum atomic E-state index is 0.691. The van der Waals surface area contributed by atoms with Crippen molar-refractivity contribution in [2.24, 2.45) is 0 Å². The summed E-state index contributed by atoms with van der Waals surface area (Å²) in [5.74, 6) is 1.54. The van der Waals surface area contributed by atoms with Crippen LogP contribution in [0.5, 0.6) is 0 Å². The topological polar surface area (TPSA) is 68.2 Å². The summed E-state index contributed by atoms with van der Waals surface area (Å²) in [5.41, 5.74) is 3.53. The van der Waals surface area contributed by atoms with E-state index >= 15 is 0 Å². The standard InChI is InChI=1S/C20H15N5O/c1-2-4-17-15(3-1)11-18(26-17)16-12-20-23-19(7-10-25(20)24-16)22-13-14-5-8-21-9-6-14/h1-12H,13H2,(H,22,23). The molecule has 0 saturated heterocycles. The lowest BCUT2D eigenvalue weighted by Gasteiger charge is -2.05. The van der Waals surface area contributed by atoms with E-state index in [1.165, 1.54) is 0 Å². The highest BCUT2D eigenvalue weighted by Crippen LogP contribution is 2.27. The van der Waals surface area contributed by atoms with E-state index in [4.69, 9.17) is 4.42 Å². The first kappa shape index (κ1) is 14.7. The van der Waals surface area contributed by atoms with Gasteiger partial charge in [0, 0.05) is 36.6 Å². The van der Waals surface area contributed by atoms with Gasteiger partial charge in [-0.2, -0.15) is 5.10 Å². The zero-order valence-electron chi connectivity index (χ0n) is 13.8. The summed E-state index contributed by atoms with van der Waals surface area (Å²) in [7, 11) is 0. The second-order valence-electron chi connectivity index (χ2n) is 6.00. The molecule has 5 rings (SSSR count). The Morgan fingerprint density at radius 1 is 1.00 bits per heavy atom. The fourth-order valence-electron chi connectivity index (χ4n) is 2.90. The number of rotatable bonds is 4. The lowest BCUT2D eigenvalue weighted by molar-refractivity contribution is 0.627. The number of nitrogens with zero attached hydrogens (tertiary/aromatic N) is 4. The van der Waals surface area contributed by atoms with Gasteiger partial charge in [-0.25, -0.2) is 9.50 Å². The van der Waals surface area contributed by atoms with Crippen LogP contribution in [0.2, 0.25) is 0 Å². The van der Waals surface area contributed by atoms with E-state index in [2.05, 4.69) is 20.4 Å². The van der Waals surface area contributed by atoms with Crippen molar-refractivity contribution in [3.05, 3.63) is 78.8 Å². The van der Waals surface area contributed by atoms with Crippen molar-refractivity contribution in [3.63, 3.8) is 0 Å². The van der Waals surface area contributed by atoms with Crippen molar-refractivity contribution < 1.29 is 4.42 Å². The van der Waals surface area contributed by atoms with Crippen molar-refractivity contribution in [1.82, 2.24) is 19.6 Å². The summed E-state index contributed by atoms with van der Waals surface area (Å²) in [6.07, 6.45) is 5.46. The average Bonchev–Trinajstić information content (AvgIpc) is 3.30. The molecule has 0 aliphatic rings. The maximum Gasteiger partial charge on any atom is 0.158 e. The molecule has 0 bridgehead atoms. The van der Waals surface area contributed by atoms with Crippen LogP contribution < -0.4 is 5.32 Å². The number of furan rings is 1. The minimum Gasteiger partial charge on any atom is -0.454 e. The zero-order valence-corrected chi connectivity index (χ0v) is 13.8. The molecule has 0 fully saturated rings. The lowest BCUT2D eigenvalue weighted by atomic mass is 10.2. The molecule has 0 aliphatic heterocycles. The van der Waals surface area contributed by atoms with Crippen LogP contribution in [0.3, 0.4) is 0 Å². The molecular formula is C20H15N5O. The molecule has 26 heavy (non-hydrogen) atoms. The van der Waals surface area contributed by atoms with Gasteiger partial charge < -0.3 is 9.73 Å². The van der Waals surface area contributed by atoms with Gasteiger partial charge >= 0.3 is 0 Å². The number of pyridine rings is 1. The highest BCUT2D eigenvalue weighted by Gasteiger charge is 2.11. The number of fused-ring (bicyclic) bond motifs is 2. The van der Waals surface area contributed by atoms with E-state index < -0.39 is 0 Å². The Bertz CT molecular complexity index is 1160. The number of aromatic nitrogens is 4. The second-order valence-corrected chi connectivity index (χ2v) is 6.00. The fraction of sp³-hybridized carbons (Fsp3) is 0.0500. The fourth-order valence-corrected chi connectivity index (χ4v) is 2.90. The van der Waals surface area contributed by atoms with Gasteiger partial charge in [-0.15, -0.1) is 0 Å². The first-order valence-corrected chi connectivity index (χ1v) is 8.33. The summed E-state index contributed by atoms with van der Waals surface area (Å²) >= 11 is 0. The first-order valence-electron chi connectivity index (χ1n) is 8.33. The van der Waals surface area contributed by atoms with Crippen molar-refractivity contribution in [1.29, 1.82) is 0 Å². The molecule has 0 atom stereocenters. The van der Waals surface area contributed by atoms with Gasteiger partial charge in [-0.3, -0.25) is 4.98 Å². The van der Waals surface area contributed by atoms with Gasteiger partial charge in [0.15, 0.2) is 11.4 Å². The van der Waals surface area contributed by atoms with E-state index in [1.54, 1.807) is 16.9 Å². The lowest BCUT2D eigenvalue weighted by Crippen LogP contribution is -2.02. The van der Waals surface area contributed by atoms with Gasteiger partial charge in [-0.1, -0.05) is 18.2 Å². The second kappa shape index (κ2) is 6.00. The highest BCUT2D eigenvalue weighted by molar-refractivity contribution is 5.82. The third kappa shape index (κ3) is 2.67. The summed E-state index contributed by atoms with van der Waals surface area (Å²) in [5, 5.41) is 8.94. The molecular weight excluding hydrogens is 326 g/mol. The van der Waals surface area contributed by atoms with Crippen LogP contribution in [0.1, 0.15) is 5.56 Å². The van der Waals surface area contributed by atoms with Crippen LogP contribution in [-0.2, 0) is 6.54 Å². The molecule has 1 aromatic carbocycles. The minimum absolute atomic E-state index is 0.691. The predicted molar refractivity (Wildman–Crippen MR) is 99.8 cm³/mol. The Labute approximate surface area is 149 Å². The molecule has 0 amide bonds. The smallest absolute Gasteiger partial charge is 0.158 e. The molecule has 6 nitrogen and oxygen atoms in total. The summed E-state index contributed by atoms with van der Waals surface area (Å²) in [4.78, 5) is 8.65. The van der Waals surface area contributed by atoms with Gasteiger partial charge in [-0.05, 0) is 35.9 Å². The molecule has 0 unspecified atom stereocenters. The van der Waals surface area contributed by atoms with Gasteiger partial charge in [0.25, 0.3) is 0 Å². The van der Waals surface area contributed by atoms with E-state index in [0.717, 1.165) is 39.5 Å². The number of hydrogen-bond acceptors (Lipinski definition) is 5. The molecule has 6 heteroatoms. The Morgan fingerprint density at radius 3 is 2.77 bits per heavy atom. The van der Waals surface area contributed by atoms with Crippen molar-refractivity contribution in [2.45, 2.75) is 6.54 Å². The molecule has 0 aliphatic carbocycles. The Hall–Kier alpha value is -3.67. The number of para-hydroxylation sites is 1. The largest absolute Gasteiger partial charge is 0.454 e. The summed E-state index contributed by atoms with van der Waals surface area (Å²) in [6.45, 7) is 0.691. The number of hydrogen-bond donors (Lipinski definition) is 1. The Balaban J connectivity index is 1.44. The molecule has 0 radical (unpaired) electrons. The maximum atomic E-state index is 5.89. The van der Waals surface area contributed by atoms with E-state index in [1.807, 2.05) is 60.8 Å². The van der Waals surface area contributed by atoms with Crippen molar-refractivity contribution >= 4 is 22.4 Å². The molecule has 5 aromatic rings. The van der Waals surface area contributed by atoms with Crippen LogP contribution in [0.4, 0.5) is 5.82 Å². The number of nitrogens with one attached hydrogen (secondary N) is 1. The average molecular weight is 341 g/mol. The van der Waals surface area contributed by atoms with Gasteiger partial charge in [0.1, 0.15) is 17.1 Å². The Kier molecular flexibility index (Phi) is 3.38. The third-order valence-electron chi connectivity index (χ3n) is 4.23. The molecule has 126 valence electrons. The summed E-state index contributed by atoms with van der Waals surface area (Å²) in [6, 6.07) is 17.7. The van der Waals surface area contributed by atoms with Crippen LogP contribution in [0.15, 0.2) is 77.6 Å². The molecule has 0 spiro atoms. The highest BCUT2D eigenvalue weighted by atomic mass is 16.3. The van der Waals surface area contributed by atoms with Crippen LogP contribution in [0.25, 0.3) is 28.1 Å². The predicted octanol–water partition coefficient (Wildman–Crippen LogP) is 4.15. The van der Waals surface area contributed by atoms with E-state index in [-0.39, 0.29) is 0 Å². The molecule has 4 aromatic heterocycles.